The van der Waals surface area contributed by atoms with Crippen LogP contribution in [0.15, 0.2) is 30.5 Å². The first-order chi connectivity index (χ1) is 9.81. The fourth-order valence-electron chi connectivity index (χ4n) is 2.62. The summed E-state index contributed by atoms with van der Waals surface area (Å²) in [6.07, 6.45) is 6.04. The van der Waals surface area contributed by atoms with Gasteiger partial charge in [-0.2, -0.15) is 0 Å². The number of benzene rings is 1. The molecule has 0 amide bonds. The number of anilines is 1. The van der Waals surface area contributed by atoms with Crippen molar-refractivity contribution < 1.29 is 0 Å². The van der Waals surface area contributed by atoms with Crippen LogP contribution in [0.2, 0.25) is 0 Å². The highest BCUT2D eigenvalue weighted by Crippen LogP contribution is 2.17. The number of hydrogen-bond donors (Lipinski definition) is 1. The van der Waals surface area contributed by atoms with E-state index in [0.717, 1.165) is 30.0 Å². The highest BCUT2D eigenvalue weighted by molar-refractivity contribution is 5.60. The summed E-state index contributed by atoms with van der Waals surface area (Å²) in [5.41, 5.74) is 8.43. The van der Waals surface area contributed by atoms with Gasteiger partial charge >= 0.3 is 0 Å². The molecule has 0 atom stereocenters. The van der Waals surface area contributed by atoms with E-state index < -0.39 is 0 Å². The van der Waals surface area contributed by atoms with Gasteiger partial charge in [-0.15, -0.1) is 5.10 Å². The second-order valence-corrected chi connectivity index (χ2v) is 5.39. The lowest BCUT2D eigenvalue weighted by Crippen LogP contribution is -2.32. The van der Waals surface area contributed by atoms with Gasteiger partial charge in [0.1, 0.15) is 5.69 Å². The molecule has 0 spiro atoms. The Balaban J connectivity index is 1.60. The average Bonchev–Trinajstić information content (AvgIpc) is 2.96. The molecule has 1 fully saturated rings. The molecule has 2 N–H and O–H groups in total. The predicted octanol–water partition coefficient (Wildman–Crippen LogP) is 2.01. The monoisotopic (exact) mass is 271 g/mol. The summed E-state index contributed by atoms with van der Waals surface area (Å²) in [6, 6.07) is 7.74. The maximum absolute atomic E-state index is 5.69. The third-order valence-electron chi connectivity index (χ3n) is 3.84. The average molecular weight is 271 g/mol. The first-order valence-corrected chi connectivity index (χ1v) is 7.30. The van der Waals surface area contributed by atoms with Crippen LogP contribution >= 0.6 is 0 Å². The van der Waals surface area contributed by atoms with Crippen molar-refractivity contribution in [3.05, 3.63) is 30.5 Å². The molecular weight excluding hydrogens is 250 g/mol. The summed E-state index contributed by atoms with van der Waals surface area (Å²) in [4.78, 5) is 2.51. The standard InChI is InChI=1S/C15H21N5/c16-14-6-4-13(5-7-14)15-12-20(18-17-15)11-10-19-8-2-1-3-9-19/h4-7,12H,1-3,8-11,16H2. The van der Waals surface area contributed by atoms with Crippen LogP contribution in [0.1, 0.15) is 19.3 Å². The summed E-state index contributed by atoms with van der Waals surface area (Å²) in [7, 11) is 0. The van der Waals surface area contributed by atoms with Crippen LogP contribution in [-0.2, 0) is 6.54 Å². The van der Waals surface area contributed by atoms with Crippen LogP contribution in [0.5, 0.6) is 0 Å². The number of rotatable bonds is 4. The number of aromatic nitrogens is 3. The van der Waals surface area contributed by atoms with E-state index in [1.54, 1.807) is 0 Å². The molecule has 106 valence electrons. The quantitative estimate of drug-likeness (QED) is 0.864. The van der Waals surface area contributed by atoms with Crippen molar-refractivity contribution in [2.45, 2.75) is 25.8 Å². The van der Waals surface area contributed by atoms with Gasteiger partial charge in [-0.3, -0.25) is 4.68 Å². The van der Waals surface area contributed by atoms with Gasteiger partial charge in [0.25, 0.3) is 0 Å². The fourth-order valence-corrected chi connectivity index (χ4v) is 2.62. The van der Waals surface area contributed by atoms with E-state index in [2.05, 4.69) is 15.2 Å². The van der Waals surface area contributed by atoms with Crippen molar-refractivity contribution in [3.63, 3.8) is 0 Å². The zero-order valence-electron chi connectivity index (χ0n) is 11.7. The van der Waals surface area contributed by atoms with Gasteiger partial charge in [-0.25, -0.2) is 0 Å². The van der Waals surface area contributed by atoms with Crippen LogP contribution in [0.25, 0.3) is 11.3 Å². The van der Waals surface area contributed by atoms with Crippen LogP contribution in [0.4, 0.5) is 5.69 Å². The van der Waals surface area contributed by atoms with E-state index in [-0.39, 0.29) is 0 Å². The van der Waals surface area contributed by atoms with Gasteiger partial charge in [-0.05, 0) is 38.1 Å². The number of piperidine rings is 1. The van der Waals surface area contributed by atoms with Gasteiger partial charge < -0.3 is 10.6 Å². The van der Waals surface area contributed by atoms with Gasteiger partial charge in [0.15, 0.2) is 0 Å². The molecule has 0 saturated carbocycles. The van der Waals surface area contributed by atoms with E-state index >= 15 is 0 Å². The van der Waals surface area contributed by atoms with E-state index in [0.29, 0.717) is 0 Å². The molecule has 5 nitrogen and oxygen atoms in total. The SMILES string of the molecule is Nc1ccc(-c2cn(CCN3CCCCC3)nn2)cc1. The molecule has 0 aliphatic carbocycles. The molecule has 0 bridgehead atoms. The molecular formula is C15H21N5. The lowest BCUT2D eigenvalue weighted by atomic mass is 10.1. The third kappa shape index (κ3) is 3.17. The Kier molecular flexibility index (Phi) is 3.97. The van der Waals surface area contributed by atoms with Crippen molar-refractivity contribution in [3.8, 4) is 11.3 Å². The first kappa shape index (κ1) is 13.1. The molecule has 1 aromatic heterocycles. The number of nitrogen functional groups attached to an aromatic ring is 1. The summed E-state index contributed by atoms with van der Waals surface area (Å²) in [5.74, 6) is 0. The second-order valence-electron chi connectivity index (χ2n) is 5.39. The van der Waals surface area contributed by atoms with E-state index in [4.69, 9.17) is 5.73 Å². The highest BCUT2D eigenvalue weighted by Gasteiger charge is 2.10. The van der Waals surface area contributed by atoms with Crippen molar-refractivity contribution >= 4 is 5.69 Å². The second kappa shape index (κ2) is 6.05. The minimum absolute atomic E-state index is 0.770. The van der Waals surface area contributed by atoms with Gasteiger partial charge in [0.05, 0.1) is 12.7 Å². The fraction of sp³-hybridized carbons (Fsp3) is 0.467. The number of likely N-dealkylation sites (tertiary alicyclic amines) is 1. The summed E-state index contributed by atoms with van der Waals surface area (Å²) in [6.45, 7) is 4.41. The predicted molar refractivity (Wildman–Crippen MR) is 80.2 cm³/mol. The molecule has 0 radical (unpaired) electrons. The Bertz CT molecular complexity index is 540. The van der Waals surface area contributed by atoms with Gasteiger partial charge in [-0.1, -0.05) is 23.8 Å². The minimum Gasteiger partial charge on any atom is -0.399 e. The molecule has 3 rings (SSSR count). The van der Waals surface area contributed by atoms with Crippen molar-refractivity contribution in [2.24, 2.45) is 0 Å². The first-order valence-electron chi connectivity index (χ1n) is 7.30. The van der Waals surface area contributed by atoms with Crippen LogP contribution in [0.3, 0.4) is 0 Å². The smallest absolute Gasteiger partial charge is 0.113 e. The van der Waals surface area contributed by atoms with Crippen molar-refractivity contribution in [1.29, 1.82) is 0 Å². The van der Waals surface area contributed by atoms with Gasteiger partial charge in [0.2, 0.25) is 0 Å². The van der Waals surface area contributed by atoms with Crippen LogP contribution < -0.4 is 5.73 Å². The summed E-state index contributed by atoms with van der Waals surface area (Å²) >= 11 is 0. The largest absolute Gasteiger partial charge is 0.399 e. The maximum atomic E-state index is 5.69. The molecule has 1 aliphatic heterocycles. The van der Waals surface area contributed by atoms with Crippen LogP contribution in [-0.4, -0.2) is 39.5 Å². The van der Waals surface area contributed by atoms with Crippen LogP contribution in [0, 0.1) is 0 Å². The van der Waals surface area contributed by atoms with Crippen molar-refractivity contribution in [2.75, 3.05) is 25.4 Å². The zero-order valence-corrected chi connectivity index (χ0v) is 11.7. The Morgan fingerprint density at radius 3 is 2.50 bits per heavy atom. The van der Waals surface area contributed by atoms with E-state index in [1.807, 2.05) is 35.1 Å². The molecule has 5 heteroatoms. The molecule has 1 aromatic carbocycles. The Morgan fingerprint density at radius 1 is 1.00 bits per heavy atom. The number of nitrogens with zero attached hydrogens (tertiary/aromatic N) is 4. The Hall–Kier alpha value is -1.88. The molecule has 1 saturated heterocycles. The highest BCUT2D eigenvalue weighted by atomic mass is 15.4. The van der Waals surface area contributed by atoms with E-state index in [1.165, 1.54) is 32.4 Å². The minimum atomic E-state index is 0.770. The van der Waals surface area contributed by atoms with E-state index in [9.17, 15) is 0 Å². The molecule has 20 heavy (non-hydrogen) atoms. The third-order valence-corrected chi connectivity index (χ3v) is 3.84. The maximum Gasteiger partial charge on any atom is 0.113 e. The molecule has 2 heterocycles. The van der Waals surface area contributed by atoms with Gasteiger partial charge in [0, 0.05) is 17.8 Å². The number of hydrogen-bond acceptors (Lipinski definition) is 4. The lowest BCUT2D eigenvalue weighted by Gasteiger charge is -2.25. The van der Waals surface area contributed by atoms with Crippen molar-refractivity contribution in [1.82, 2.24) is 19.9 Å². The molecule has 1 aliphatic rings. The topological polar surface area (TPSA) is 60.0 Å². The Morgan fingerprint density at radius 2 is 1.75 bits per heavy atom. The normalized spacial score (nSPS) is 16.4. The Labute approximate surface area is 119 Å². The number of nitrogens with two attached hydrogens (primary N) is 1. The molecule has 0 unspecified atom stereocenters. The summed E-state index contributed by atoms with van der Waals surface area (Å²) in [5, 5.41) is 8.44. The zero-order chi connectivity index (χ0) is 13.8. The summed E-state index contributed by atoms with van der Waals surface area (Å²) < 4.78 is 1.93. The molecule has 2 aromatic rings. The lowest BCUT2D eigenvalue weighted by molar-refractivity contribution is 0.217.